The highest BCUT2D eigenvalue weighted by molar-refractivity contribution is 7.72. The molecule has 3 atom stereocenters. The predicted octanol–water partition coefficient (Wildman–Crippen LogP) is 0.785. The van der Waals surface area contributed by atoms with Crippen LogP contribution in [0.3, 0.4) is 0 Å². The van der Waals surface area contributed by atoms with Gasteiger partial charge in [-0.2, -0.15) is 0 Å². The summed E-state index contributed by atoms with van der Waals surface area (Å²) in [6.07, 6.45) is 2.32. The summed E-state index contributed by atoms with van der Waals surface area (Å²) in [4.78, 5) is 0. The van der Waals surface area contributed by atoms with Gasteiger partial charge >= 0.3 is 0 Å². The first kappa shape index (κ1) is 10.4. The lowest BCUT2D eigenvalue weighted by atomic mass is 9.70. The van der Waals surface area contributed by atoms with Gasteiger partial charge in [0.25, 0.3) is 0 Å². The first-order chi connectivity index (χ1) is 6.40. The molecule has 4 heteroatoms. The molecule has 0 heterocycles. The Balaban J connectivity index is 2.39. The summed E-state index contributed by atoms with van der Waals surface area (Å²) >= 11 is 0. The van der Waals surface area contributed by atoms with E-state index in [9.17, 15) is 13.5 Å². The summed E-state index contributed by atoms with van der Waals surface area (Å²) in [5.74, 6) is 0.667. The average Bonchev–Trinajstić information content (AvgIpc) is 2.36. The van der Waals surface area contributed by atoms with Crippen LogP contribution in [0.5, 0.6) is 0 Å². The molecule has 1 N–H and O–H groups in total. The van der Waals surface area contributed by atoms with Crippen LogP contribution in [-0.4, -0.2) is 25.4 Å². The fourth-order valence-corrected chi connectivity index (χ4v) is 4.88. The van der Waals surface area contributed by atoms with E-state index in [0.717, 1.165) is 19.3 Å². The highest BCUT2D eigenvalue weighted by Gasteiger charge is 2.63. The van der Waals surface area contributed by atoms with Gasteiger partial charge in [0.1, 0.15) is 10.7 Å². The minimum atomic E-state index is -2.38. The molecule has 0 spiro atoms. The Hall–Kier alpha value is -0.0900. The van der Waals surface area contributed by atoms with Crippen molar-refractivity contribution in [1.82, 2.24) is 0 Å². The van der Waals surface area contributed by atoms with Gasteiger partial charge in [-0.25, -0.2) is 8.42 Å². The predicted molar refractivity (Wildman–Crippen MR) is 54.7 cm³/mol. The minimum absolute atomic E-state index is 0.0121. The molecule has 0 amide bonds. The number of hydrogen-bond donors (Lipinski definition) is 2. The summed E-state index contributed by atoms with van der Waals surface area (Å²) in [6.45, 7) is 4.22. The van der Waals surface area contributed by atoms with Gasteiger partial charge in [-0.3, -0.25) is 0 Å². The molecular weight excluding hydrogens is 200 g/mol. The minimum Gasteiger partial charge on any atom is -0.392 e. The van der Waals surface area contributed by atoms with E-state index >= 15 is 0 Å². The number of aliphatic hydroxyl groups excluding tert-OH is 1. The second-order valence-corrected chi connectivity index (χ2v) is 6.34. The number of thiol groups is 1. The van der Waals surface area contributed by atoms with Crippen LogP contribution in [0.15, 0.2) is 0 Å². The third kappa shape index (κ3) is 1.10. The first-order valence-electron chi connectivity index (χ1n) is 5.20. The third-order valence-electron chi connectivity index (χ3n) is 4.80. The van der Waals surface area contributed by atoms with E-state index in [-0.39, 0.29) is 16.6 Å². The maximum atomic E-state index is 10.9. The normalized spacial score (nSPS) is 44.9. The Labute approximate surface area is 86.5 Å². The van der Waals surface area contributed by atoms with Crippen LogP contribution in [-0.2, 0) is 10.7 Å². The zero-order valence-corrected chi connectivity index (χ0v) is 9.59. The maximum Gasteiger partial charge on any atom is 0.140 e. The third-order valence-corrected chi connectivity index (χ3v) is 5.62. The molecule has 2 aliphatic carbocycles. The van der Waals surface area contributed by atoms with Crippen LogP contribution in [0, 0.1) is 16.7 Å². The lowest BCUT2D eigenvalue weighted by molar-refractivity contribution is 0.0158. The van der Waals surface area contributed by atoms with Crippen LogP contribution in [0.25, 0.3) is 0 Å². The first-order valence-corrected chi connectivity index (χ1v) is 6.56. The summed E-state index contributed by atoms with van der Waals surface area (Å²) in [5.41, 5.74) is -0.366. The van der Waals surface area contributed by atoms with Crippen molar-refractivity contribution in [3.63, 3.8) is 0 Å². The Morgan fingerprint density at radius 2 is 2.07 bits per heavy atom. The quantitative estimate of drug-likeness (QED) is 0.674. The zero-order valence-electron chi connectivity index (χ0n) is 8.69. The Morgan fingerprint density at radius 3 is 2.43 bits per heavy atom. The van der Waals surface area contributed by atoms with Crippen molar-refractivity contribution in [2.45, 2.75) is 39.2 Å². The van der Waals surface area contributed by atoms with E-state index in [1.165, 1.54) is 0 Å². The summed E-state index contributed by atoms with van der Waals surface area (Å²) in [5, 5.41) is 9.99. The monoisotopic (exact) mass is 218 g/mol. The zero-order chi connectivity index (χ0) is 10.6. The molecular formula is C10H18O3S. The fraction of sp³-hybridized carbons (Fsp3) is 1.00. The topological polar surface area (TPSA) is 54.4 Å². The molecule has 0 aliphatic heterocycles. The molecule has 2 rings (SSSR count). The molecule has 2 aliphatic rings. The number of aliphatic hydroxyl groups is 1. The summed E-state index contributed by atoms with van der Waals surface area (Å²) < 4.78 is 21.8. The van der Waals surface area contributed by atoms with E-state index < -0.39 is 16.8 Å². The molecule has 3 unspecified atom stereocenters. The number of fused-ring (bicyclic) bond motifs is 2. The van der Waals surface area contributed by atoms with E-state index in [0.29, 0.717) is 5.92 Å². The van der Waals surface area contributed by atoms with Gasteiger partial charge in [-0.1, -0.05) is 13.8 Å². The molecule has 82 valence electrons. The molecule has 0 radical (unpaired) electrons. The van der Waals surface area contributed by atoms with Gasteiger partial charge in [0.15, 0.2) is 0 Å². The number of hydrogen-bond acceptors (Lipinski definition) is 3. The van der Waals surface area contributed by atoms with Crippen molar-refractivity contribution in [2.75, 3.05) is 5.75 Å². The standard InChI is InChI=1S/C10H18O3S/c1-9(2)7-3-4-10(9,6-14(12)13)8(11)5-7/h7-8,11,14H,3-6H2,1-2H3. The molecule has 2 bridgehead atoms. The largest absolute Gasteiger partial charge is 0.392 e. The molecule has 2 fully saturated rings. The van der Waals surface area contributed by atoms with E-state index in [4.69, 9.17) is 0 Å². The van der Waals surface area contributed by atoms with Crippen molar-refractivity contribution in [3.05, 3.63) is 0 Å². The second-order valence-electron chi connectivity index (χ2n) is 5.36. The van der Waals surface area contributed by atoms with Crippen molar-refractivity contribution in [1.29, 1.82) is 0 Å². The highest BCUT2D eigenvalue weighted by Crippen LogP contribution is 2.65. The SMILES string of the molecule is CC1(C)C2CCC1(C[SH](=O)=O)C(O)C2. The van der Waals surface area contributed by atoms with Gasteiger partial charge in [0.2, 0.25) is 0 Å². The molecule has 2 saturated carbocycles. The Bertz CT molecular complexity index is 313. The lowest BCUT2D eigenvalue weighted by Crippen LogP contribution is -2.42. The van der Waals surface area contributed by atoms with Crippen LogP contribution in [0.1, 0.15) is 33.1 Å². The highest BCUT2D eigenvalue weighted by atomic mass is 32.2. The maximum absolute atomic E-state index is 10.9. The van der Waals surface area contributed by atoms with Crippen molar-refractivity contribution in [3.8, 4) is 0 Å². The summed E-state index contributed by atoms with van der Waals surface area (Å²) in [6, 6.07) is 0. The molecule has 14 heavy (non-hydrogen) atoms. The van der Waals surface area contributed by atoms with Crippen molar-refractivity contribution in [2.24, 2.45) is 16.7 Å². The van der Waals surface area contributed by atoms with Crippen LogP contribution < -0.4 is 0 Å². The van der Waals surface area contributed by atoms with Gasteiger partial charge in [-0.15, -0.1) is 0 Å². The lowest BCUT2D eigenvalue weighted by Gasteiger charge is -2.38. The smallest absolute Gasteiger partial charge is 0.140 e. The molecule has 0 aromatic carbocycles. The fourth-order valence-electron chi connectivity index (χ4n) is 3.64. The van der Waals surface area contributed by atoms with Crippen LogP contribution in [0.2, 0.25) is 0 Å². The second kappa shape index (κ2) is 2.95. The molecule has 0 aromatic rings. The van der Waals surface area contributed by atoms with Gasteiger partial charge in [0.05, 0.1) is 11.9 Å². The molecule has 3 nitrogen and oxygen atoms in total. The molecule has 0 aromatic heterocycles. The van der Waals surface area contributed by atoms with E-state index in [2.05, 4.69) is 13.8 Å². The van der Waals surface area contributed by atoms with Crippen LogP contribution in [0.4, 0.5) is 0 Å². The average molecular weight is 218 g/mol. The number of rotatable bonds is 2. The van der Waals surface area contributed by atoms with E-state index in [1.807, 2.05) is 0 Å². The Morgan fingerprint density at radius 1 is 1.43 bits per heavy atom. The Kier molecular flexibility index (Phi) is 2.20. The summed E-state index contributed by atoms with van der Waals surface area (Å²) in [7, 11) is -2.38. The van der Waals surface area contributed by atoms with Gasteiger partial charge in [0, 0.05) is 5.41 Å². The van der Waals surface area contributed by atoms with Gasteiger partial charge in [-0.05, 0) is 30.6 Å². The molecule has 0 saturated heterocycles. The van der Waals surface area contributed by atoms with Gasteiger partial charge < -0.3 is 5.11 Å². The van der Waals surface area contributed by atoms with E-state index in [1.54, 1.807) is 0 Å². The van der Waals surface area contributed by atoms with Crippen molar-refractivity contribution < 1.29 is 13.5 Å². The van der Waals surface area contributed by atoms with Crippen molar-refractivity contribution >= 4 is 10.7 Å². The van der Waals surface area contributed by atoms with Crippen LogP contribution >= 0.6 is 0 Å².